The number of hydrogen-bond acceptors (Lipinski definition) is 24. The van der Waals surface area contributed by atoms with E-state index in [1.807, 2.05) is 121 Å². The van der Waals surface area contributed by atoms with E-state index in [1.54, 1.807) is 34.6 Å². The van der Waals surface area contributed by atoms with E-state index in [0.29, 0.717) is 141 Å². The van der Waals surface area contributed by atoms with E-state index >= 15 is 0 Å². The number of carboxylic acid groups (broad SMARTS) is 3. The van der Waals surface area contributed by atoms with Crippen molar-refractivity contribution in [1.29, 1.82) is 0 Å². The summed E-state index contributed by atoms with van der Waals surface area (Å²) in [7, 11) is -3.41. The number of rotatable bonds is 26. The summed E-state index contributed by atoms with van der Waals surface area (Å²) in [5.74, 6) is -4.56. The van der Waals surface area contributed by atoms with Crippen molar-refractivity contribution in [1.82, 2.24) is 36.0 Å². The van der Waals surface area contributed by atoms with E-state index < -0.39 is 117 Å². The summed E-state index contributed by atoms with van der Waals surface area (Å²) in [6, 6.07) is 8.35. The highest BCUT2D eigenvalue weighted by atomic mass is 16.7. The maximum absolute atomic E-state index is 14.1. The lowest BCUT2D eigenvalue weighted by molar-refractivity contribution is -0.152. The number of amides is 6. The lowest BCUT2D eigenvalue weighted by atomic mass is 9.62. The standard InChI is InChI=1S/C33H52BN3O6.C27H48BN3O7.C16H30BN3O5.C13H25BN2O4/c1-24(38)35-33(27(39)36-29(2,3)4)19-18-32(17-13-21-37(32)28(40)41-23-25-14-10-9-11-15-25)22-26(33)16-12-20-34-42-30(5,6)31(7,8)43-34;1-18(30-22(35)36-23(2,3)4)20(32)31-16-10-12-26(31)13-14-27(29,21(33)34)19(17-26)11-9-15-28-37-24(5,6)25(7,8)38-28;1-11(18)13(21)20-9-3-5-15(20)6-7-16(19,14(22)23)12(10-15)4-2-8-17(24)25;15-13(11(17)18)6-5-12(4-2-8-16-12)9-10(13)3-1-7-14(19)20/h9-11,14-15,26H,12-13,16-23H2,1-8H3,(H,35,38)(H,36,39);18-19H,9-17,29H2,1-8H3,(H,30,35)(H,33,34);11-12,24-25H,2-10,18-19H2,1H3,(H,22,23);10,16,19-20H,1-9,15H2,(H,17,18)/t;18-,19?,26?,27?;11-,12?,15?,16?;/m.00./s1. The van der Waals surface area contributed by atoms with E-state index in [9.17, 15) is 58.5 Å². The Labute approximate surface area is 749 Å². The zero-order valence-electron chi connectivity index (χ0n) is 78.7. The molecule has 0 radical (unpaired) electrons. The van der Waals surface area contributed by atoms with Gasteiger partial charge in [-0.2, -0.15) is 0 Å². The predicted molar refractivity (Wildman–Crippen MR) is 481 cm³/mol. The first-order valence-corrected chi connectivity index (χ1v) is 46.5. The molecule has 0 aromatic heterocycles. The van der Waals surface area contributed by atoms with Crippen LogP contribution < -0.4 is 44.2 Å². The number of nitrogens with one attached hydrogen (secondary N) is 4. The normalized spacial score (nSPS) is 31.6. The molecule has 1 aromatic rings. The molecule has 12 unspecified atom stereocenters. The number of carbonyl (C=O) groups is 9. The average Bonchev–Trinajstić information content (AvgIpc) is 1.55. The van der Waals surface area contributed by atoms with Crippen LogP contribution in [0.5, 0.6) is 0 Å². The summed E-state index contributed by atoms with van der Waals surface area (Å²) >= 11 is 0. The summed E-state index contributed by atoms with van der Waals surface area (Å²) in [6.45, 7) is 35.2. The maximum atomic E-state index is 14.1. The molecule has 0 bridgehead atoms. The molecule has 6 amide bonds. The van der Waals surface area contributed by atoms with Gasteiger partial charge in [-0.15, -0.1) is 0 Å². The van der Waals surface area contributed by atoms with Crippen molar-refractivity contribution >= 4 is 82.2 Å². The van der Waals surface area contributed by atoms with Crippen molar-refractivity contribution in [2.24, 2.45) is 46.6 Å². The minimum absolute atomic E-state index is 0.0564. The Bertz CT molecular complexity index is 3860. The van der Waals surface area contributed by atoms with Gasteiger partial charge in [-0.25, -0.2) is 9.59 Å². The zero-order valence-corrected chi connectivity index (χ0v) is 78.7. The summed E-state index contributed by atoms with van der Waals surface area (Å²) in [6.07, 6.45) is 19.5. The number of nitrogens with two attached hydrogens (primary N) is 4. The Balaban J connectivity index is 0.000000216. The molecular weight excluding hydrogens is 1620 g/mol. The molecule has 10 fully saturated rings. The van der Waals surface area contributed by atoms with Crippen LogP contribution in [0.1, 0.15) is 303 Å². The first-order valence-electron chi connectivity index (χ1n) is 46.5. The number of hydrogen-bond donors (Lipinski definition) is 15. The van der Waals surface area contributed by atoms with Gasteiger partial charge in [-0.3, -0.25) is 33.6 Å². The molecule has 11 rings (SSSR count). The smallest absolute Gasteiger partial charge is 0.457 e. The second-order valence-electron chi connectivity index (χ2n) is 42.7. The third-order valence-corrected chi connectivity index (χ3v) is 30.1. The number of carboxylic acids is 3. The highest BCUT2D eigenvalue weighted by molar-refractivity contribution is 6.46. The van der Waals surface area contributed by atoms with Gasteiger partial charge in [0.2, 0.25) is 23.6 Å². The van der Waals surface area contributed by atoms with Crippen LogP contribution in [-0.4, -0.2) is 248 Å². The van der Waals surface area contributed by atoms with Gasteiger partial charge in [-0.1, -0.05) is 56.0 Å². The van der Waals surface area contributed by atoms with Gasteiger partial charge < -0.3 is 122 Å². The molecule has 19 N–H and O–H groups in total. The Morgan fingerprint density at radius 2 is 0.944 bits per heavy atom. The van der Waals surface area contributed by atoms with Gasteiger partial charge in [0.1, 0.15) is 40.4 Å². The minimum Gasteiger partial charge on any atom is -0.480 e. The molecule has 6 heterocycles. The summed E-state index contributed by atoms with van der Waals surface area (Å²) in [5.41, 5.74) is 16.7. The first kappa shape index (κ1) is 105. The van der Waals surface area contributed by atoms with Crippen molar-refractivity contribution in [2.45, 2.75) is 419 Å². The van der Waals surface area contributed by atoms with Crippen molar-refractivity contribution < 1.29 is 107 Å². The lowest BCUT2D eigenvalue weighted by Gasteiger charge is -2.52. The van der Waals surface area contributed by atoms with Crippen LogP contribution in [0, 0.1) is 23.7 Å². The van der Waals surface area contributed by atoms with Crippen LogP contribution in [0.3, 0.4) is 0 Å². The van der Waals surface area contributed by atoms with Gasteiger partial charge >= 0.3 is 58.6 Å². The molecule has 6 saturated heterocycles. The number of ether oxygens (including phenoxy) is 2. The number of aliphatic carboxylic acids is 3. The van der Waals surface area contributed by atoms with Crippen LogP contribution in [0.15, 0.2) is 30.3 Å². The third kappa shape index (κ3) is 25.3. The fraction of sp³-hybridized carbons (Fsp3) is 0.831. The highest BCUT2D eigenvalue weighted by Gasteiger charge is 2.62. The monoisotopic (exact) mass is 1770 g/mol. The van der Waals surface area contributed by atoms with E-state index in [1.165, 1.54) is 6.92 Å². The SMILES string of the molecule is CC(=O)NC1(C(=O)NC(C)(C)C)CCC2(CCCN2C(=O)OCc2ccccc2)CC1CCCB1OC(C)(C)C(C)(C)O1.C[C@H](N)C(=O)N1CCCC12CCC(N)(C(=O)O)C(CCCB(O)O)C2.C[C@H](NC(=O)OC(C)(C)C)C(=O)N1CCCC12CCC(N)(C(=O)O)C(CCCB1OC(C)(C)C(C)(C)O1)C2.NC1(C(=O)O)CCC2(CCCN2)CC1CCCB(O)O. The Morgan fingerprint density at radius 1 is 0.540 bits per heavy atom. The molecule has 710 valence electrons. The van der Waals surface area contributed by atoms with E-state index in [0.717, 1.165) is 82.7 Å². The molecule has 126 heavy (non-hydrogen) atoms. The minimum atomic E-state index is -1.41. The Morgan fingerprint density at radius 3 is 1.36 bits per heavy atom. The molecule has 14 atom stereocenters. The number of carbonyl (C=O) groups excluding carboxylic acids is 6. The fourth-order valence-electron chi connectivity index (χ4n) is 21.7. The number of likely N-dealkylation sites (tertiary alicyclic amines) is 3. The van der Waals surface area contributed by atoms with Crippen LogP contribution in [0.25, 0.3) is 0 Å². The van der Waals surface area contributed by atoms with Crippen molar-refractivity contribution in [2.75, 3.05) is 26.2 Å². The van der Waals surface area contributed by atoms with Gasteiger partial charge in [0.25, 0.3) is 0 Å². The van der Waals surface area contributed by atoms with Crippen molar-refractivity contribution in [3.05, 3.63) is 35.9 Å². The molecule has 37 heteroatoms. The molecule has 4 saturated carbocycles. The molecule has 6 aliphatic heterocycles. The van der Waals surface area contributed by atoms with Gasteiger partial charge in [0.05, 0.1) is 28.4 Å². The molecule has 10 aliphatic rings. The first-order chi connectivity index (χ1) is 58.3. The van der Waals surface area contributed by atoms with Crippen LogP contribution in [-0.2, 0) is 68.3 Å². The third-order valence-electron chi connectivity index (χ3n) is 30.1. The molecular formula is C89H155B4N11O22. The van der Waals surface area contributed by atoms with Crippen molar-refractivity contribution in [3.8, 4) is 0 Å². The Kier molecular flexibility index (Phi) is 34.8. The summed E-state index contributed by atoms with van der Waals surface area (Å²) in [4.78, 5) is 120. The topological polar surface area (TPSA) is 513 Å². The second kappa shape index (κ2) is 41.7. The predicted octanol–water partition coefficient (Wildman–Crippen LogP) is 8.81. The van der Waals surface area contributed by atoms with Crippen molar-refractivity contribution in [3.63, 3.8) is 0 Å². The quantitative estimate of drug-likeness (QED) is 0.0385. The second-order valence-corrected chi connectivity index (χ2v) is 42.7. The average molecular weight is 1770 g/mol. The summed E-state index contributed by atoms with van der Waals surface area (Å²) in [5, 5.41) is 77.6. The molecule has 33 nitrogen and oxygen atoms in total. The number of nitrogens with zero attached hydrogens (tertiary/aromatic N) is 3. The fourth-order valence-corrected chi connectivity index (χ4v) is 21.7. The molecule has 4 aliphatic carbocycles. The van der Waals surface area contributed by atoms with E-state index in [4.69, 9.17) is 71.1 Å². The maximum Gasteiger partial charge on any atom is 0.457 e. The van der Waals surface area contributed by atoms with E-state index in [2.05, 4.69) is 21.3 Å². The number of benzene rings is 1. The number of alkyl carbamates (subject to hydrolysis) is 1. The lowest BCUT2D eigenvalue weighted by Crippen LogP contribution is -2.69. The molecule has 1 aromatic carbocycles. The van der Waals surface area contributed by atoms with Gasteiger partial charge in [0.15, 0.2) is 0 Å². The Hall–Kier alpha value is -6.21. The zero-order chi connectivity index (χ0) is 94.0. The van der Waals surface area contributed by atoms with Gasteiger partial charge in [0, 0.05) is 54.3 Å². The van der Waals surface area contributed by atoms with Crippen LogP contribution in [0.2, 0.25) is 25.3 Å². The van der Waals surface area contributed by atoms with Crippen LogP contribution >= 0.6 is 0 Å². The van der Waals surface area contributed by atoms with E-state index in [-0.39, 0.29) is 98.0 Å². The summed E-state index contributed by atoms with van der Waals surface area (Å²) < 4.78 is 35.8. The molecule has 4 spiro atoms. The largest absolute Gasteiger partial charge is 0.480 e. The van der Waals surface area contributed by atoms with Gasteiger partial charge in [-0.05, 0) is 326 Å². The highest BCUT2D eigenvalue weighted by Crippen LogP contribution is 2.54. The van der Waals surface area contributed by atoms with Crippen LogP contribution in [0.4, 0.5) is 9.59 Å².